The van der Waals surface area contributed by atoms with E-state index in [0.717, 1.165) is 27.4 Å². The maximum Gasteiger partial charge on any atom is 0.495 e. The highest BCUT2D eigenvalue weighted by molar-refractivity contribution is 6.64. The second-order valence-electron chi connectivity index (χ2n) is 10.4. The summed E-state index contributed by atoms with van der Waals surface area (Å²) in [6.45, 7) is 13.0. The fourth-order valence-electron chi connectivity index (χ4n) is 5.24. The van der Waals surface area contributed by atoms with Crippen molar-refractivity contribution in [2.24, 2.45) is 0 Å². The van der Waals surface area contributed by atoms with Gasteiger partial charge in [-0.2, -0.15) is 0 Å². The van der Waals surface area contributed by atoms with Crippen LogP contribution in [0.5, 0.6) is 0 Å². The van der Waals surface area contributed by atoms with E-state index in [1.807, 2.05) is 12.1 Å². The van der Waals surface area contributed by atoms with Gasteiger partial charge >= 0.3 is 7.12 Å². The lowest BCUT2D eigenvalue weighted by Crippen LogP contribution is -2.41. The van der Waals surface area contributed by atoms with Crippen LogP contribution < -0.4 is 5.46 Å². The van der Waals surface area contributed by atoms with Crippen LogP contribution in [0, 0.1) is 0 Å². The van der Waals surface area contributed by atoms with Gasteiger partial charge in [0.15, 0.2) is 0 Å². The van der Waals surface area contributed by atoms with Crippen LogP contribution in [0.4, 0.5) is 0 Å². The Bertz CT molecular complexity index is 1360. The molecule has 4 heteroatoms. The van der Waals surface area contributed by atoms with Crippen LogP contribution in [-0.2, 0) is 14.7 Å². The van der Waals surface area contributed by atoms with Gasteiger partial charge in [0, 0.05) is 21.8 Å². The van der Waals surface area contributed by atoms with Crippen molar-refractivity contribution in [2.45, 2.75) is 58.2 Å². The number of benzene rings is 3. The second-order valence-corrected chi connectivity index (χ2v) is 10.4. The summed E-state index contributed by atoms with van der Waals surface area (Å²) in [4.78, 5) is 0. The molecule has 1 aliphatic heterocycles. The van der Waals surface area contributed by atoms with Crippen LogP contribution in [0.2, 0.25) is 0 Å². The van der Waals surface area contributed by atoms with Gasteiger partial charge in [0.05, 0.1) is 11.2 Å². The Labute approximate surface area is 183 Å². The Morgan fingerprint density at radius 2 is 1.32 bits per heavy atom. The highest BCUT2D eigenvalue weighted by Gasteiger charge is 2.53. The fraction of sp³-hybridized carbons (Fsp3) is 0.333. The molecule has 0 radical (unpaired) electrons. The predicted molar refractivity (Wildman–Crippen MR) is 127 cm³/mol. The van der Waals surface area contributed by atoms with Crippen molar-refractivity contribution in [3.63, 3.8) is 0 Å². The van der Waals surface area contributed by atoms with E-state index in [1.54, 1.807) is 0 Å². The average molecular weight is 410 g/mol. The van der Waals surface area contributed by atoms with Crippen molar-refractivity contribution in [3.8, 4) is 11.1 Å². The minimum Gasteiger partial charge on any atom is -0.455 e. The first-order valence-electron chi connectivity index (χ1n) is 11.1. The second kappa shape index (κ2) is 5.82. The lowest BCUT2D eigenvalue weighted by Gasteiger charge is -2.32. The molecule has 0 atom stereocenters. The zero-order valence-electron chi connectivity index (χ0n) is 19.0. The van der Waals surface area contributed by atoms with Crippen molar-refractivity contribution in [3.05, 3.63) is 65.7 Å². The minimum absolute atomic E-state index is 0.127. The van der Waals surface area contributed by atoms with Gasteiger partial charge in [-0.05, 0) is 55.9 Å². The van der Waals surface area contributed by atoms with Gasteiger partial charge in [-0.3, -0.25) is 0 Å². The first kappa shape index (κ1) is 19.2. The van der Waals surface area contributed by atoms with Gasteiger partial charge in [-0.1, -0.05) is 62.4 Å². The van der Waals surface area contributed by atoms with E-state index >= 15 is 0 Å². The molecule has 2 heterocycles. The normalized spacial score (nSPS) is 20.4. The molecule has 1 aromatic heterocycles. The number of hydrogen-bond donors (Lipinski definition) is 0. The molecular weight excluding hydrogens is 383 g/mol. The molecule has 0 saturated carbocycles. The number of rotatable bonds is 1. The van der Waals surface area contributed by atoms with Crippen LogP contribution in [-0.4, -0.2) is 18.3 Å². The van der Waals surface area contributed by atoms with Crippen LogP contribution in [0.1, 0.15) is 52.7 Å². The average Bonchev–Trinajstić information content (AvgIpc) is 3.28. The van der Waals surface area contributed by atoms with Gasteiger partial charge in [0.2, 0.25) is 0 Å². The van der Waals surface area contributed by atoms with E-state index in [0.29, 0.717) is 0 Å². The third-order valence-electron chi connectivity index (χ3n) is 7.75. The third-order valence-corrected chi connectivity index (χ3v) is 7.75. The van der Waals surface area contributed by atoms with Crippen molar-refractivity contribution in [1.82, 2.24) is 0 Å². The predicted octanol–water partition coefficient (Wildman–Crippen LogP) is 6.19. The molecule has 2 aliphatic rings. The van der Waals surface area contributed by atoms with E-state index < -0.39 is 7.12 Å². The molecular formula is C27H27BO3. The molecule has 3 aromatic carbocycles. The molecule has 1 fully saturated rings. The summed E-state index contributed by atoms with van der Waals surface area (Å²) in [6, 6.07) is 19.3. The van der Waals surface area contributed by atoms with Gasteiger partial charge in [0.1, 0.15) is 11.2 Å². The van der Waals surface area contributed by atoms with Crippen molar-refractivity contribution in [1.29, 1.82) is 0 Å². The lowest BCUT2D eigenvalue weighted by molar-refractivity contribution is 0.00578. The van der Waals surface area contributed by atoms with Crippen LogP contribution >= 0.6 is 0 Å². The van der Waals surface area contributed by atoms with Gasteiger partial charge in [0.25, 0.3) is 0 Å². The van der Waals surface area contributed by atoms with Gasteiger partial charge in [-0.15, -0.1) is 0 Å². The summed E-state index contributed by atoms with van der Waals surface area (Å²) in [5, 5.41) is 2.31. The molecule has 3 nitrogen and oxygen atoms in total. The Hall–Kier alpha value is -2.56. The van der Waals surface area contributed by atoms with Crippen molar-refractivity contribution >= 4 is 34.5 Å². The van der Waals surface area contributed by atoms with E-state index in [2.05, 4.69) is 84.0 Å². The van der Waals surface area contributed by atoms with Gasteiger partial charge < -0.3 is 13.7 Å². The van der Waals surface area contributed by atoms with Crippen LogP contribution in [0.25, 0.3) is 33.1 Å². The Kier molecular flexibility index (Phi) is 3.59. The monoisotopic (exact) mass is 410 g/mol. The summed E-state index contributed by atoms with van der Waals surface area (Å²) in [5.74, 6) is 0. The standard InChI is InChI=1S/C27H27BO3/c1-25(2)18-11-9-12-20(28-30-26(3,4)27(5,6)31-28)22(18)23-19(25)15-14-17-16-10-7-8-13-21(16)29-24(17)23/h7-15H,1-6H3. The van der Waals surface area contributed by atoms with Crippen molar-refractivity contribution < 1.29 is 13.7 Å². The molecule has 156 valence electrons. The van der Waals surface area contributed by atoms with E-state index in [-0.39, 0.29) is 16.6 Å². The summed E-state index contributed by atoms with van der Waals surface area (Å²) in [6.07, 6.45) is 0. The third kappa shape index (κ3) is 2.38. The molecule has 6 rings (SSSR count). The fourth-order valence-corrected chi connectivity index (χ4v) is 5.24. The molecule has 31 heavy (non-hydrogen) atoms. The minimum atomic E-state index is -0.415. The molecule has 0 unspecified atom stereocenters. The molecule has 1 aliphatic carbocycles. The van der Waals surface area contributed by atoms with E-state index in [1.165, 1.54) is 22.3 Å². The molecule has 0 bridgehead atoms. The lowest BCUT2D eigenvalue weighted by atomic mass is 9.73. The van der Waals surface area contributed by atoms with Crippen LogP contribution in [0.15, 0.2) is 59.0 Å². The SMILES string of the molecule is CC1(C)c2cccc(B3OC(C)(C)C(C)(C)O3)c2-c2c1ccc1c2oc2ccccc21. The Morgan fingerprint density at radius 3 is 2.06 bits per heavy atom. The molecule has 4 aromatic rings. The number of fused-ring (bicyclic) bond motifs is 7. The summed E-state index contributed by atoms with van der Waals surface area (Å²) in [5.41, 5.74) is 7.02. The first-order chi connectivity index (χ1) is 14.6. The maximum atomic E-state index is 6.48. The van der Waals surface area contributed by atoms with Crippen LogP contribution in [0.3, 0.4) is 0 Å². The molecule has 1 saturated heterocycles. The molecule has 0 amide bonds. The number of hydrogen-bond acceptors (Lipinski definition) is 3. The Balaban J connectivity index is 1.67. The summed E-state index contributed by atoms with van der Waals surface area (Å²) >= 11 is 0. The highest BCUT2D eigenvalue weighted by Crippen LogP contribution is 2.52. The van der Waals surface area contributed by atoms with E-state index in [9.17, 15) is 0 Å². The zero-order valence-corrected chi connectivity index (χ0v) is 19.0. The zero-order chi connectivity index (χ0) is 21.8. The maximum absolute atomic E-state index is 6.48. The highest BCUT2D eigenvalue weighted by atomic mass is 16.7. The summed E-state index contributed by atoms with van der Waals surface area (Å²) < 4.78 is 19.4. The molecule has 0 N–H and O–H groups in total. The largest absolute Gasteiger partial charge is 0.495 e. The van der Waals surface area contributed by atoms with Gasteiger partial charge in [-0.25, -0.2) is 0 Å². The number of para-hydroxylation sites is 1. The molecule has 0 spiro atoms. The van der Waals surface area contributed by atoms with E-state index in [4.69, 9.17) is 13.7 Å². The summed E-state index contributed by atoms with van der Waals surface area (Å²) in [7, 11) is -0.415. The topological polar surface area (TPSA) is 31.6 Å². The van der Waals surface area contributed by atoms with Crippen molar-refractivity contribution in [2.75, 3.05) is 0 Å². The first-order valence-corrected chi connectivity index (χ1v) is 11.1. The smallest absolute Gasteiger partial charge is 0.455 e. The Morgan fingerprint density at radius 1 is 0.645 bits per heavy atom. The number of furan rings is 1. The quantitative estimate of drug-likeness (QED) is 0.351.